The second-order valence-electron chi connectivity index (χ2n) is 9.23. The lowest BCUT2D eigenvalue weighted by Gasteiger charge is -2.29. The van der Waals surface area contributed by atoms with Crippen molar-refractivity contribution in [1.82, 2.24) is 16.0 Å². The van der Waals surface area contributed by atoms with Gasteiger partial charge < -0.3 is 25.8 Å². The molecule has 9 heteroatoms. The van der Waals surface area contributed by atoms with Crippen molar-refractivity contribution in [2.24, 2.45) is 11.3 Å². The fourth-order valence-electron chi connectivity index (χ4n) is 4.62. The largest absolute Gasteiger partial charge is 0.481 e. The first-order valence-corrected chi connectivity index (χ1v) is 11.7. The van der Waals surface area contributed by atoms with Crippen molar-refractivity contribution in [3.05, 3.63) is 59.7 Å². The van der Waals surface area contributed by atoms with Crippen molar-refractivity contribution in [2.75, 3.05) is 19.7 Å². The molecule has 2 aliphatic rings. The predicted molar refractivity (Wildman–Crippen MR) is 128 cm³/mol. The van der Waals surface area contributed by atoms with Gasteiger partial charge in [-0.1, -0.05) is 55.5 Å². The molecule has 2 aromatic rings. The molecule has 0 bridgehead atoms. The van der Waals surface area contributed by atoms with Gasteiger partial charge in [-0.05, 0) is 35.6 Å². The lowest BCUT2D eigenvalue weighted by Crippen LogP contribution is -2.53. The summed E-state index contributed by atoms with van der Waals surface area (Å²) in [7, 11) is 0. The van der Waals surface area contributed by atoms with E-state index in [1.54, 1.807) is 13.8 Å². The van der Waals surface area contributed by atoms with E-state index in [4.69, 9.17) is 4.74 Å². The Balaban J connectivity index is 1.36. The second kappa shape index (κ2) is 9.77. The smallest absolute Gasteiger partial charge is 0.407 e. The predicted octanol–water partition coefficient (Wildman–Crippen LogP) is 2.26. The molecule has 184 valence electrons. The van der Waals surface area contributed by atoms with Gasteiger partial charge in [-0.15, -0.1) is 0 Å². The van der Waals surface area contributed by atoms with Crippen LogP contribution in [0.15, 0.2) is 48.5 Å². The molecule has 0 spiro atoms. The molecule has 1 fully saturated rings. The maximum absolute atomic E-state index is 12.9. The Kier molecular flexibility index (Phi) is 6.77. The minimum atomic E-state index is -1.16. The fraction of sp³-hybridized carbons (Fsp3) is 0.385. The van der Waals surface area contributed by atoms with Gasteiger partial charge in [0.1, 0.15) is 18.6 Å². The third kappa shape index (κ3) is 4.71. The topological polar surface area (TPSA) is 134 Å². The van der Waals surface area contributed by atoms with Crippen LogP contribution in [0.3, 0.4) is 0 Å². The molecule has 9 nitrogen and oxygen atoms in total. The molecule has 0 aromatic heterocycles. The zero-order valence-electron chi connectivity index (χ0n) is 19.7. The summed E-state index contributed by atoms with van der Waals surface area (Å²) in [5, 5.41) is 17.0. The Bertz CT molecular complexity index is 1120. The fourth-order valence-corrected chi connectivity index (χ4v) is 4.62. The molecule has 2 aromatic carbocycles. The van der Waals surface area contributed by atoms with Crippen LogP contribution in [0.4, 0.5) is 4.79 Å². The standard InChI is InChI=1S/C26H29N3O6/c1-3-26(2,24(33)29-21-19(23(31)32)12-27-22(21)30)14-28-25(34)35-13-20-17-10-6-4-8-15(17)16-9-5-7-11-18(16)20/h4-11,19-21H,3,12-14H2,1-2H3,(H,27,30)(H,28,34)(H,29,33)(H,31,32). The minimum Gasteiger partial charge on any atom is -0.481 e. The van der Waals surface area contributed by atoms with Gasteiger partial charge in [-0.3, -0.25) is 14.4 Å². The van der Waals surface area contributed by atoms with Crippen LogP contribution in [0, 0.1) is 11.3 Å². The number of benzene rings is 2. The van der Waals surface area contributed by atoms with Crippen molar-refractivity contribution in [2.45, 2.75) is 32.2 Å². The quantitative estimate of drug-likeness (QED) is 0.459. The Labute approximate surface area is 203 Å². The third-order valence-electron chi connectivity index (χ3n) is 7.08. The van der Waals surface area contributed by atoms with Gasteiger partial charge in [0.2, 0.25) is 11.8 Å². The van der Waals surface area contributed by atoms with Crippen LogP contribution in [0.2, 0.25) is 0 Å². The van der Waals surface area contributed by atoms with Crippen LogP contribution in [0.5, 0.6) is 0 Å². The Morgan fingerprint density at radius 3 is 2.26 bits per heavy atom. The number of carbonyl (C=O) groups excluding carboxylic acids is 3. The van der Waals surface area contributed by atoms with Gasteiger partial charge in [0.25, 0.3) is 0 Å². The van der Waals surface area contributed by atoms with Gasteiger partial charge >= 0.3 is 12.1 Å². The van der Waals surface area contributed by atoms with Crippen molar-refractivity contribution >= 4 is 23.9 Å². The van der Waals surface area contributed by atoms with Crippen molar-refractivity contribution in [3.63, 3.8) is 0 Å². The summed E-state index contributed by atoms with van der Waals surface area (Å²) in [6, 6.07) is 14.9. The van der Waals surface area contributed by atoms with E-state index in [1.165, 1.54) is 0 Å². The highest BCUT2D eigenvalue weighted by atomic mass is 16.5. The zero-order valence-corrected chi connectivity index (χ0v) is 19.7. The molecular weight excluding hydrogens is 450 g/mol. The molecular formula is C26H29N3O6. The Morgan fingerprint density at radius 1 is 1.09 bits per heavy atom. The summed E-state index contributed by atoms with van der Waals surface area (Å²) in [6.45, 7) is 3.51. The maximum atomic E-state index is 12.9. The van der Waals surface area contributed by atoms with E-state index >= 15 is 0 Å². The van der Waals surface area contributed by atoms with Crippen molar-refractivity contribution in [1.29, 1.82) is 0 Å². The summed E-state index contributed by atoms with van der Waals surface area (Å²) < 4.78 is 5.53. The molecule has 35 heavy (non-hydrogen) atoms. The highest BCUT2D eigenvalue weighted by Crippen LogP contribution is 2.44. The lowest BCUT2D eigenvalue weighted by molar-refractivity contribution is -0.144. The number of rotatable bonds is 8. The number of hydrogen-bond donors (Lipinski definition) is 4. The molecule has 3 atom stereocenters. The summed E-state index contributed by atoms with van der Waals surface area (Å²) in [5.41, 5.74) is 3.40. The van der Waals surface area contributed by atoms with E-state index in [0.717, 1.165) is 22.3 Å². The number of nitrogens with one attached hydrogen (secondary N) is 3. The third-order valence-corrected chi connectivity index (χ3v) is 7.08. The average molecular weight is 480 g/mol. The lowest BCUT2D eigenvalue weighted by atomic mass is 9.85. The van der Waals surface area contributed by atoms with Crippen LogP contribution in [-0.2, 0) is 19.1 Å². The van der Waals surface area contributed by atoms with Crippen LogP contribution in [-0.4, -0.2) is 54.7 Å². The minimum absolute atomic E-state index is 0.0297. The van der Waals surface area contributed by atoms with E-state index in [2.05, 4.69) is 28.1 Å². The van der Waals surface area contributed by atoms with Gasteiger partial charge in [0.05, 0.1) is 5.41 Å². The molecule has 3 amide bonds. The van der Waals surface area contributed by atoms with Crippen LogP contribution in [0.1, 0.15) is 37.3 Å². The van der Waals surface area contributed by atoms with Gasteiger partial charge in [0.15, 0.2) is 0 Å². The monoisotopic (exact) mass is 479 g/mol. The normalized spacial score (nSPS) is 20.2. The Morgan fingerprint density at radius 2 is 1.69 bits per heavy atom. The first-order valence-electron chi connectivity index (χ1n) is 11.7. The first-order chi connectivity index (χ1) is 16.7. The number of alkyl carbamates (subject to hydrolysis) is 1. The summed E-state index contributed by atoms with van der Waals surface area (Å²) in [6.07, 6.45) is -0.296. The SMILES string of the molecule is CCC(C)(CNC(=O)OCC1c2ccccc2-c2ccccc21)C(=O)NC1C(=O)NCC1C(=O)O. The molecule has 1 aliphatic heterocycles. The number of carboxylic acid groups (broad SMARTS) is 1. The molecule has 3 unspecified atom stereocenters. The van der Waals surface area contributed by atoms with Gasteiger partial charge in [0, 0.05) is 19.0 Å². The number of ether oxygens (including phenoxy) is 1. The number of amides is 3. The Hall–Kier alpha value is -3.88. The van der Waals surface area contributed by atoms with Gasteiger partial charge in [-0.25, -0.2) is 4.79 Å². The maximum Gasteiger partial charge on any atom is 0.407 e. The number of aliphatic carboxylic acids is 1. The van der Waals surface area contributed by atoms with E-state index in [9.17, 15) is 24.3 Å². The first kappa shape index (κ1) is 24.3. The number of fused-ring (bicyclic) bond motifs is 3. The molecule has 0 radical (unpaired) electrons. The van der Waals surface area contributed by atoms with Crippen LogP contribution < -0.4 is 16.0 Å². The van der Waals surface area contributed by atoms with E-state index in [1.807, 2.05) is 36.4 Å². The van der Waals surface area contributed by atoms with E-state index in [0.29, 0.717) is 6.42 Å². The summed E-state index contributed by atoms with van der Waals surface area (Å²) in [4.78, 5) is 48.9. The number of carboxylic acids is 1. The molecule has 0 saturated carbocycles. The van der Waals surface area contributed by atoms with E-state index < -0.39 is 41.3 Å². The second-order valence-corrected chi connectivity index (χ2v) is 9.23. The number of hydrogen-bond acceptors (Lipinski definition) is 5. The highest BCUT2D eigenvalue weighted by Gasteiger charge is 2.43. The molecule has 4 N–H and O–H groups in total. The molecule has 1 heterocycles. The van der Waals surface area contributed by atoms with Crippen LogP contribution >= 0.6 is 0 Å². The molecule has 4 rings (SSSR count). The van der Waals surface area contributed by atoms with Crippen LogP contribution in [0.25, 0.3) is 11.1 Å². The van der Waals surface area contributed by atoms with E-state index in [-0.39, 0.29) is 25.6 Å². The average Bonchev–Trinajstić information content (AvgIpc) is 3.39. The molecule has 1 saturated heterocycles. The molecule has 1 aliphatic carbocycles. The zero-order chi connectivity index (χ0) is 25.2. The summed E-state index contributed by atoms with van der Waals surface area (Å²) >= 11 is 0. The number of carbonyl (C=O) groups is 4. The van der Waals surface area contributed by atoms with Crippen molar-refractivity contribution < 1.29 is 29.0 Å². The summed E-state index contributed by atoms with van der Waals surface area (Å²) in [5.74, 6) is -3.32. The van der Waals surface area contributed by atoms with Crippen molar-refractivity contribution in [3.8, 4) is 11.1 Å². The highest BCUT2D eigenvalue weighted by molar-refractivity contribution is 5.95. The van der Waals surface area contributed by atoms with Gasteiger partial charge in [-0.2, -0.15) is 0 Å².